The number of nitrogens with zero attached hydrogens (tertiary/aromatic N) is 1. The lowest BCUT2D eigenvalue weighted by molar-refractivity contribution is 0.0186. The number of hydrogen-bond donors (Lipinski definition) is 4. The highest BCUT2D eigenvalue weighted by molar-refractivity contribution is 6.59. The van der Waals surface area contributed by atoms with Crippen LogP contribution in [0.3, 0.4) is 0 Å². The number of aryl methyl sites for hydroxylation is 1. The largest absolute Gasteiger partial charge is 0.669 e. The van der Waals surface area contributed by atoms with Gasteiger partial charge in [0.2, 0.25) is 0 Å². The first-order chi connectivity index (χ1) is 11.4. The number of nitrogens with two attached hydrogens (primary N) is 1. The lowest BCUT2D eigenvalue weighted by Crippen LogP contribution is -2.54. The van der Waals surface area contributed by atoms with Crippen molar-refractivity contribution in [2.75, 3.05) is 26.2 Å². The fourth-order valence-electron chi connectivity index (χ4n) is 3.11. The van der Waals surface area contributed by atoms with Crippen LogP contribution in [0.15, 0.2) is 12.1 Å². The lowest BCUT2D eigenvalue weighted by Gasteiger charge is -2.40. The number of benzene rings is 1. The van der Waals surface area contributed by atoms with Crippen molar-refractivity contribution < 1.29 is 29.3 Å². The normalized spacial score (nSPS) is 20.0. The third-order valence-electron chi connectivity index (χ3n) is 4.41. The van der Waals surface area contributed by atoms with Gasteiger partial charge in [-0.05, 0) is 37.6 Å². The third kappa shape index (κ3) is 3.49. The molecule has 0 unspecified atom stereocenters. The molecule has 1 aromatic rings. The maximum atomic E-state index is 11.7. The molecule has 8 nitrogen and oxygen atoms in total. The molecule has 0 amide bonds. The molecule has 0 spiro atoms. The summed E-state index contributed by atoms with van der Waals surface area (Å²) in [6, 6.07) is 3.33. The van der Waals surface area contributed by atoms with Crippen molar-refractivity contribution in [3.63, 3.8) is 0 Å². The fraction of sp³-hybridized carbons (Fsp3) is 0.533. The van der Waals surface area contributed by atoms with E-state index in [4.69, 9.17) is 15.1 Å². The minimum absolute atomic E-state index is 0.00411. The van der Waals surface area contributed by atoms with Crippen LogP contribution in [0.25, 0.3) is 0 Å². The zero-order chi connectivity index (χ0) is 17.3. The molecule has 5 N–H and O–H groups in total. The van der Waals surface area contributed by atoms with Gasteiger partial charge in [-0.25, -0.2) is 4.79 Å². The summed E-state index contributed by atoms with van der Waals surface area (Å²) in [7, 11) is 0. The highest BCUT2D eigenvalue weighted by Gasteiger charge is 2.34. The van der Waals surface area contributed by atoms with Crippen molar-refractivity contribution in [3.05, 3.63) is 23.3 Å². The summed E-state index contributed by atoms with van der Waals surface area (Å²) >= 11 is 0. The van der Waals surface area contributed by atoms with Crippen molar-refractivity contribution in [3.8, 4) is 11.5 Å². The van der Waals surface area contributed by atoms with E-state index < -0.39 is 12.7 Å². The Labute approximate surface area is 139 Å². The average molecular weight is 337 g/mol. The topological polar surface area (TPSA) is 125 Å². The van der Waals surface area contributed by atoms with Gasteiger partial charge in [0.15, 0.2) is 0 Å². The summed E-state index contributed by atoms with van der Waals surface area (Å²) in [6.45, 7) is -0.0615. The molecule has 1 fully saturated rings. The van der Waals surface area contributed by atoms with Crippen molar-refractivity contribution >= 4 is 12.7 Å². The molecule has 0 aromatic heterocycles. The standard InChI is InChI=1S/C15H22BN2O6/c17-6-1-7-18-8-11(9-18)23-12-3-2-10-4-5-16(21,22)24-14(10)13(12)15(19)20/h2-3,11,21-22H,1,4-9,17H2,(H,19,20)/q-1. The Hall–Kier alpha value is -1.81. The van der Waals surface area contributed by atoms with Gasteiger partial charge in [-0.1, -0.05) is 12.4 Å². The number of carboxylic acids is 1. The van der Waals surface area contributed by atoms with E-state index in [1.165, 1.54) is 0 Å². The minimum atomic E-state index is -3.02. The number of fused-ring (bicyclic) bond motifs is 1. The number of hydrogen-bond acceptors (Lipinski definition) is 7. The first kappa shape index (κ1) is 17.0. The number of aromatic carboxylic acids is 1. The van der Waals surface area contributed by atoms with Gasteiger partial charge in [-0.2, -0.15) is 0 Å². The number of ether oxygens (including phenoxy) is 1. The molecule has 0 radical (unpaired) electrons. The van der Waals surface area contributed by atoms with Gasteiger partial charge >= 0.3 is 12.7 Å². The van der Waals surface area contributed by atoms with Gasteiger partial charge in [0.05, 0.1) is 5.75 Å². The Morgan fingerprint density at radius 3 is 2.83 bits per heavy atom. The highest BCUT2D eigenvalue weighted by Crippen LogP contribution is 2.38. The molecule has 132 valence electrons. The van der Waals surface area contributed by atoms with Crippen LogP contribution >= 0.6 is 0 Å². The first-order valence-corrected chi connectivity index (χ1v) is 8.17. The number of likely N-dealkylation sites (tertiary alicyclic amines) is 1. The third-order valence-corrected chi connectivity index (χ3v) is 4.41. The molecular weight excluding hydrogens is 315 g/mol. The first-order valence-electron chi connectivity index (χ1n) is 8.17. The van der Waals surface area contributed by atoms with E-state index in [2.05, 4.69) is 4.90 Å². The molecule has 24 heavy (non-hydrogen) atoms. The Bertz CT molecular complexity index is 633. The predicted molar refractivity (Wildman–Crippen MR) is 87.3 cm³/mol. The summed E-state index contributed by atoms with van der Waals surface area (Å²) in [5.41, 5.74) is 5.96. The van der Waals surface area contributed by atoms with Gasteiger partial charge < -0.3 is 30.3 Å². The van der Waals surface area contributed by atoms with Crippen molar-refractivity contribution in [1.29, 1.82) is 0 Å². The van der Waals surface area contributed by atoms with Gasteiger partial charge in [-0.15, -0.1) is 0 Å². The Morgan fingerprint density at radius 2 is 2.17 bits per heavy atom. The molecule has 2 heterocycles. The predicted octanol–water partition coefficient (Wildman–Crippen LogP) is -0.345. The fourth-order valence-corrected chi connectivity index (χ4v) is 3.11. The van der Waals surface area contributed by atoms with Crippen LogP contribution in [0, 0.1) is 0 Å². The van der Waals surface area contributed by atoms with Crippen LogP contribution in [0.5, 0.6) is 11.5 Å². The van der Waals surface area contributed by atoms with Gasteiger partial charge in [0.1, 0.15) is 17.4 Å². The monoisotopic (exact) mass is 337 g/mol. The Kier molecular flexibility index (Phi) is 4.68. The van der Waals surface area contributed by atoms with E-state index in [1.54, 1.807) is 12.1 Å². The van der Waals surface area contributed by atoms with Gasteiger partial charge in [0.25, 0.3) is 0 Å². The molecule has 0 atom stereocenters. The molecular formula is C15H22BN2O6-. The van der Waals surface area contributed by atoms with Crippen LogP contribution in [0.1, 0.15) is 22.3 Å². The van der Waals surface area contributed by atoms with E-state index in [9.17, 15) is 19.9 Å². The Morgan fingerprint density at radius 1 is 1.42 bits per heavy atom. The quantitative estimate of drug-likeness (QED) is 0.519. The summed E-state index contributed by atoms with van der Waals surface area (Å²) < 4.78 is 10.9. The van der Waals surface area contributed by atoms with E-state index in [0.29, 0.717) is 31.6 Å². The summed E-state index contributed by atoms with van der Waals surface area (Å²) in [5.74, 6) is -1.02. The Balaban J connectivity index is 1.76. The van der Waals surface area contributed by atoms with Crippen LogP contribution < -0.4 is 15.1 Å². The van der Waals surface area contributed by atoms with Gasteiger partial charge in [0, 0.05) is 13.1 Å². The summed E-state index contributed by atoms with van der Waals surface area (Å²) in [6.07, 6.45) is 1.21. The zero-order valence-electron chi connectivity index (χ0n) is 13.4. The van der Waals surface area contributed by atoms with Crippen LogP contribution in [-0.4, -0.2) is 65.1 Å². The molecule has 2 aliphatic heterocycles. The summed E-state index contributed by atoms with van der Waals surface area (Å²) in [5, 5.41) is 29.0. The van der Waals surface area contributed by atoms with Crippen LogP contribution in [0.2, 0.25) is 6.32 Å². The van der Waals surface area contributed by atoms with Gasteiger partial charge in [-0.3, -0.25) is 4.90 Å². The second-order valence-corrected chi connectivity index (χ2v) is 6.39. The van der Waals surface area contributed by atoms with Crippen LogP contribution in [0.4, 0.5) is 0 Å². The molecule has 0 saturated carbocycles. The van der Waals surface area contributed by atoms with E-state index in [-0.39, 0.29) is 29.5 Å². The number of rotatable bonds is 6. The van der Waals surface area contributed by atoms with E-state index in [0.717, 1.165) is 13.0 Å². The second kappa shape index (κ2) is 6.60. The summed E-state index contributed by atoms with van der Waals surface area (Å²) in [4.78, 5) is 13.8. The molecule has 3 rings (SSSR count). The van der Waals surface area contributed by atoms with Crippen LogP contribution in [-0.2, 0) is 6.42 Å². The number of carbonyl (C=O) groups is 1. The molecule has 1 aromatic carbocycles. The second-order valence-electron chi connectivity index (χ2n) is 6.39. The molecule has 0 aliphatic carbocycles. The molecule has 9 heteroatoms. The molecule has 0 bridgehead atoms. The van der Waals surface area contributed by atoms with Crippen molar-refractivity contribution in [2.45, 2.75) is 25.3 Å². The smallest absolute Gasteiger partial charge is 0.430 e. The zero-order valence-corrected chi connectivity index (χ0v) is 13.4. The highest BCUT2D eigenvalue weighted by atomic mass is 16.6. The van der Waals surface area contributed by atoms with E-state index >= 15 is 0 Å². The maximum Gasteiger partial charge on any atom is 0.430 e. The minimum Gasteiger partial charge on any atom is -0.669 e. The molecule has 1 saturated heterocycles. The number of carboxylic acid groups (broad SMARTS) is 1. The van der Waals surface area contributed by atoms with Crippen molar-refractivity contribution in [1.82, 2.24) is 4.90 Å². The lowest BCUT2D eigenvalue weighted by atomic mass is 9.70. The van der Waals surface area contributed by atoms with E-state index in [1.807, 2.05) is 0 Å². The maximum absolute atomic E-state index is 11.7. The average Bonchev–Trinajstić information content (AvgIpc) is 2.47. The molecule has 2 aliphatic rings. The van der Waals surface area contributed by atoms with Crippen molar-refractivity contribution in [2.24, 2.45) is 5.73 Å². The SMILES string of the molecule is NCCCN1CC(Oc2ccc3c(c2C(=O)O)O[B-](O)(O)CC3)C1.